The van der Waals surface area contributed by atoms with Gasteiger partial charge in [0.2, 0.25) is 5.91 Å². The van der Waals surface area contributed by atoms with Gasteiger partial charge in [0.05, 0.1) is 11.8 Å². The van der Waals surface area contributed by atoms with Crippen LogP contribution in [0.25, 0.3) is 0 Å². The van der Waals surface area contributed by atoms with E-state index in [0.717, 1.165) is 62.9 Å². The highest BCUT2D eigenvalue weighted by Crippen LogP contribution is 2.25. The lowest BCUT2D eigenvalue weighted by Gasteiger charge is -2.28. The van der Waals surface area contributed by atoms with Crippen LogP contribution < -0.4 is 4.90 Å². The lowest BCUT2D eigenvalue weighted by molar-refractivity contribution is -0.139. The zero-order valence-electron chi connectivity index (χ0n) is 15.5. The van der Waals surface area contributed by atoms with E-state index in [4.69, 9.17) is 4.74 Å². The first-order chi connectivity index (χ1) is 12.1. The van der Waals surface area contributed by atoms with Crippen molar-refractivity contribution in [1.82, 2.24) is 15.1 Å². The first-order valence-electron chi connectivity index (χ1n) is 9.56. The average molecular weight is 346 g/mol. The van der Waals surface area contributed by atoms with Gasteiger partial charge < -0.3 is 14.5 Å². The Morgan fingerprint density at radius 3 is 2.80 bits per heavy atom. The normalized spacial score (nSPS) is 24.9. The van der Waals surface area contributed by atoms with E-state index < -0.39 is 0 Å². The van der Waals surface area contributed by atoms with Gasteiger partial charge in [0, 0.05) is 26.2 Å². The molecule has 1 saturated carbocycles. The predicted molar refractivity (Wildman–Crippen MR) is 97.6 cm³/mol. The van der Waals surface area contributed by atoms with Gasteiger partial charge in [-0.3, -0.25) is 4.79 Å². The van der Waals surface area contributed by atoms with Gasteiger partial charge in [-0.15, -0.1) is 5.10 Å². The Balaban J connectivity index is 1.47. The topological polar surface area (TPSA) is 58.6 Å². The fourth-order valence-corrected chi connectivity index (χ4v) is 3.77. The SMILES string of the molecule is Cc1ccc(N2CCCN(C(=O)CO[C@@H]3CCC[C@H](C)C3)CC2)nn1. The summed E-state index contributed by atoms with van der Waals surface area (Å²) < 4.78 is 5.91. The number of carbonyl (C=O) groups is 1. The van der Waals surface area contributed by atoms with Crippen molar-refractivity contribution in [3.8, 4) is 0 Å². The number of rotatable bonds is 4. The standard InChI is InChI=1S/C19H30N4O2/c1-15-5-3-6-17(13-15)25-14-19(24)23-10-4-9-22(11-12-23)18-8-7-16(2)20-21-18/h7-8,15,17H,3-6,9-14H2,1-2H3/t15-,17+/m0/s1. The van der Waals surface area contributed by atoms with Crippen LogP contribution >= 0.6 is 0 Å². The number of anilines is 1. The van der Waals surface area contributed by atoms with Crippen molar-refractivity contribution in [1.29, 1.82) is 0 Å². The Morgan fingerprint density at radius 2 is 2.04 bits per heavy atom. The molecule has 1 aliphatic heterocycles. The zero-order valence-corrected chi connectivity index (χ0v) is 15.5. The number of ether oxygens (including phenoxy) is 1. The second-order valence-electron chi connectivity index (χ2n) is 7.46. The van der Waals surface area contributed by atoms with E-state index in [1.54, 1.807) is 0 Å². The van der Waals surface area contributed by atoms with E-state index >= 15 is 0 Å². The molecule has 2 fully saturated rings. The maximum atomic E-state index is 12.5. The summed E-state index contributed by atoms with van der Waals surface area (Å²) in [6.45, 7) is 7.65. The lowest BCUT2D eigenvalue weighted by Crippen LogP contribution is -2.38. The molecule has 0 unspecified atom stereocenters. The number of carbonyl (C=O) groups excluding carboxylic acids is 1. The van der Waals surface area contributed by atoms with Crippen molar-refractivity contribution in [3.05, 3.63) is 17.8 Å². The predicted octanol–water partition coefficient (Wildman–Crippen LogP) is 2.42. The van der Waals surface area contributed by atoms with Crippen LogP contribution in [-0.2, 0) is 9.53 Å². The number of aryl methyl sites for hydroxylation is 1. The highest BCUT2D eigenvalue weighted by atomic mass is 16.5. The number of amides is 1. The van der Waals surface area contributed by atoms with E-state index in [2.05, 4.69) is 22.0 Å². The van der Waals surface area contributed by atoms with Gasteiger partial charge in [-0.1, -0.05) is 19.8 Å². The van der Waals surface area contributed by atoms with Gasteiger partial charge in [0.25, 0.3) is 0 Å². The first-order valence-corrected chi connectivity index (χ1v) is 9.56. The van der Waals surface area contributed by atoms with Crippen LogP contribution in [0.3, 0.4) is 0 Å². The molecule has 0 bridgehead atoms. The van der Waals surface area contributed by atoms with Crippen LogP contribution in [0.1, 0.15) is 44.7 Å². The maximum Gasteiger partial charge on any atom is 0.248 e. The summed E-state index contributed by atoms with van der Waals surface area (Å²) in [7, 11) is 0. The zero-order chi connectivity index (χ0) is 17.6. The van der Waals surface area contributed by atoms with Crippen LogP contribution in [0, 0.1) is 12.8 Å². The Kier molecular flexibility index (Phi) is 6.24. The van der Waals surface area contributed by atoms with Crippen molar-refractivity contribution < 1.29 is 9.53 Å². The van der Waals surface area contributed by atoms with Crippen molar-refractivity contribution in [2.24, 2.45) is 5.92 Å². The van der Waals surface area contributed by atoms with Gasteiger partial charge in [-0.25, -0.2) is 0 Å². The second-order valence-corrected chi connectivity index (χ2v) is 7.46. The van der Waals surface area contributed by atoms with Crippen molar-refractivity contribution in [3.63, 3.8) is 0 Å². The first kappa shape index (κ1) is 18.1. The molecule has 138 valence electrons. The molecule has 3 rings (SSSR count). The molecule has 6 heteroatoms. The average Bonchev–Trinajstić information content (AvgIpc) is 2.87. The molecule has 6 nitrogen and oxygen atoms in total. The third-order valence-corrected chi connectivity index (χ3v) is 5.29. The summed E-state index contributed by atoms with van der Waals surface area (Å²) >= 11 is 0. The Bertz CT molecular complexity index is 563. The number of aromatic nitrogens is 2. The van der Waals surface area contributed by atoms with E-state index in [0.29, 0.717) is 0 Å². The van der Waals surface area contributed by atoms with E-state index in [1.165, 1.54) is 12.8 Å². The minimum Gasteiger partial charge on any atom is -0.368 e. The summed E-state index contributed by atoms with van der Waals surface area (Å²) in [5.41, 5.74) is 0.921. The quantitative estimate of drug-likeness (QED) is 0.838. The molecule has 2 aliphatic rings. The number of hydrogen-bond acceptors (Lipinski definition) is 5. The molecule has 2 atom stereocenters. The van der Waals surface area contributed by atoms with E-state index in [1.807, 2.05) is 24.0 Å². The summed E-state index contributed by atoms with van der Waals surface area (Å²) in [4.78, 5) is 16.7. The van der Waals surface area contributed by atoms with Crippen LogP contribution in [0.5, 0.6) is 0 Å². The lowest BCUT2D eigenvalue weighted by atomic mass is 9.89. The Hall–Kier alpha value is -1.69. The molecule has 1 aromatic rings. The number of hydrogen-bond donors (Lipinski definition) is 0. The third kappa shape index (κ3) is 5.14. The largest absolute Gasteiger partial charge is 0.368 e. The highest BCUT2D eigenvalue weighted by Gasteiger charge is 2.23. The molecular weight excluding hydrogens is 316 g/mol. The minimum atomic E-state index is 0.120. The molecule has 0 spiro atoms. The summed E-state index contributed by atoms with van der Waals surface area (Å²) in [6, 6.07) is 3.99. The van der Waals surface area contributed by atoms with Gasteiger partial charge >= 0.3 is 0 Å². The van der Waals surface area contributed by atoms with Crippen LogP contribution in [0.4, 0.5) is 5.82 Å². The molecule has 0 aromatic carbocycles. The molecule has 2 heterocycles. The molecule has 0 radical (unpaired) electrons. The third-order valence-electron chi connectivity index (χ3n) is 5.29. The molecule has 1 amide bonds. The number of nitrogens with zero attached hydrogens (tertiary/aromatic N) is 4. The fraction of sp³-hybridized carbons (Fsp3) is 0.737. The molecule has 1 saturated heterocycles. The van der Waals surface area contributed by atoms with Crippen LogP contribution in [-0.4, -0.2) is 59.9 Å². The summed E-state index contributed by atoms with van der Waals surface area (Å²) in [5.74, 6) is 1.73. The molecule has 25 heavy (non-hydrogen) atoms. The Labute approximate surface area is 150 Å². The van der Waals surface area contributed by atoms with E-state index in [-0.39, 0.29) is 18.6 Å². The molecule has 1 aliphatic carbocycles. The van der Waals surface area contributed by atoms with Gasteiger partial charge in [0.1, 0.15) is 6.61 Å². The van der Waals surface area contributed by atoms with Crippen molar-refractivity contribution in [2.75, 3.05) is 37.7 Å². The fourth-order valence-electron chi connectivity index (χ4n) is 3.77. The smallest absolute Gasteiger partial charge is 0.248 e. The van der Waals surface area contributed by atoms with Gasteiger partial charge in [-0.2, -0.15) is 5.10 Å². The highest BCUT2D eigenvalue weighted by molar-refractivity contribution is 5.77. The van der Waals surface area contributed by atoms with E-state index in [9.17, 15) is 4.79 Å². The molecule has 0 N–H and O–H groups in total. The molecular formula is C19H30N4O2. The minimum absolute atomic E-state index is 0.120. The summed E-state index contributed by atoms with van der Waals surface area (Å²) in [5, 5.41) is 8.40. The summed E-state index contributed by atoms with van der Waals surface area (Å²) in [6.07, 6.45) is 5.90. The van der Waals surface area contributed by atoms with Gasteiger partial charge in [-0.05, 0) is 44.2 Å². The monoisotopic (exact) mass is 346 g/mol. The molecule has 1 aromatic heterocycles. The second kappa shape index (κ2) is 8.61. The van der Waals surface area contributed by atoms with Crippen molar-refractivity contribution in [2.45, 2.75) is 52.1 Å². The van der Waals surface area contributed by atoms with Crippen molar-refractivity contribution >= 4 is 11.7 Å². The maximum absolute atomic E-state index is 12.5. The van der Waals surface area contributed by atoms with Gasteiger partial charge in [0.15, 0.2) is 5.82 Å². The van der Waals surface area contributed by atoms with Crippen LogP contribution in [0.15, 0.2) is 12.1 Å². The van der Waals surface area contributed by atoms with Crippen LogP contribution in [0.2, 0.25) is 0 Å². The Morgan fingerprint density at radius 1 is 1.16 bits per heavy atom.